The molecule has 3 aromatic rings. The van der Waals surface area contributed by atoms with Crippen LogP contribution < -0.4 is 11.1 Å². The molecule has 0 bridgehead atoms. The van der Waals surface area contributed by atoms with E-state index in [1.807, 2.05) is 30.3 Å². The molecule has 0 radical (unpaired) electrons. The van der Waals surface area contributed by atoms with Gasteiger partial charge in [-0.1, -0.05) is 41.9 Å². The van der Waals surface area contributed by atoms with E-state index in [1.54, 1.807) is 31.7 Å². The van der Waals surface area contributed by atoms with E-state index in [4.69, 9.17) is 26.8 Å². The predicted molar refractivity (Wildman–Crippen MR) is 123 cm³/mol. The molecule has 0 fully saturated rings. The number of rotatable bonds is 8. The molecule has 10 nitrogen and oxygen atoms in total. The lowest BCUT2D eigenvalue weighted by molar-refractivity contribution is -0.147. The van der Waals surface area contributed by atoms with Crippen LogP contribution in [0.4, 0.5) is 10.7 Å². The van der Waals surface area contributed by atoms with Gasteiger partial charge in [0.2, 0.25) is 5.95 Å². The van der Waals surface area contributed by atoms with Gasteiger partial charge >= 0.3 is 12.1 Å². The number of fused-ring (bicyclic) bond motifs is 1. The number of nitrogens with two attached hydrogens (primary N) is 1. The highest BCUT2D eigenvalue weighted by Crippen LogP contribution is 2.20. The van der Waals surface area contributed by atoms with Crippen molar-refractivity contribution < 1.29 is 19.1 Å². The number of amides is 1. The average Bonchev–Trinajstić information content (AvgIpc) is 3.14. The van der Waals surface area contributed by atoms with Gasteiger partial charge in [0.1, 0.15) is 23.8 Å². The van der Waals surface area contributed by atoms with Crippen LogP contribution in [0, 0.1) is 0 Å². The summed E-state index contributed by atoms with van der Waals surface area (Å²) in [7, 11) is 0. The normalized spacial score (nSPS) is 12.4. The lowest BCUT2D eigenvalue weighted by Gasteiger charge is -2.23. The highest BCUT2D eigenvalue weighted by molar-refractivity contribution is 6.33. The Labute approximate surface area is 196 Å². The van der Waals surface area contributed by atoms with E-state index in [2.05, 4.69) is 20.3 Å². The van der Waals surface area contributed by atoms with E-state index in [9.17, 15) is 9.59 Å². The summed E-state index contributed by atoms with van der Waals surface area (Å²) in [5, 5.41) is 2.79. The van der Waals surface area contributed by atoms with Gasteiger partial charge in [-0.25, -0.2) is 14.6 Å². The van der Waals surface area contributed by atoms with Gasteiger partial charge in [0, 0.05) is 6.54 Å². The van der Waals surface area contributed by atoms with Crippen LogP contribution in [-0.4, -0.2) is 43.2 Å². The number of anilines is 1. The van der Waals surface area contributed by atoms with Crippen LogP contribution in [-0.2, 0) is 27.4 Å². The molecular weight excluding hydrogens is 448 g/mol. The molecule has 3 N–H and O–H groups in total. The highest BCUT2D eigenvalue weighted by atomic mass is 35.5. The van der Waals surface area contributed by atoms with Crippen molar-refractivity contribution in [3.63, 3.8) is 0 Å². The smallest absolute Gasteiger partial charge is 0.408 e. The zero-order valence-corrected chi connectivity index (χ0v) is 19.5. The number of imidazole rings is 1. The Morgan fingerprint density at radius 3 is 2.64 bits per heavy atom. The number of aromatic nitrogens is 4. The van der Waals surface area contributed by atoms with Crippen LogP contribution in [0.15, 0.2) is 36.7 Å². The maximum absolute atomic E-state index is 12.7. The van der Waals surface area contributed by atoms with E-state index < -0.39 is 23.7 Å². The number of aryl methyl sites for hydroxylation is 1. The molecule has 2 heterocycles. The summed E-state index contributed by atoms with van der Waals surface area (Å²) in [6, 6.07) is 8.42. The molecule has 3 rings (SSSR count). The zero-order chi connectivity index (χ0) is 24.0. The molecule has 1 amide bonds. The molecule has 33 heavy (non-hydrogen) atoms. The molecule has 0 spiro atoms. The maximum atomic E-state index is 12.7. The third-order valence-electron chi connectivity index (χ3n) is 4.53. The fraction of sp³-hybridized carbons (Fsp3) is 0.409. The Balaban J connectivity index is 1.65. The summed E-state index contributed by atoms with van der Waals surface area (Å²) >= 11 is 6.07. The van der Waals surface area contributed by atoms with Crippen molar-refractivity contribution in [3.8, 4) is 0 Å². The second-order valence-electron chi connectivity index (χ2n) is 8.42. The zero-order valence-electron chi connectivity index (χ0n) is 18.7. The molecule has 0 aliphatic carbocycles. The number of hydrogen-bond donors (Lipinski definition) is 2. The Bertz CT molecular complexity index is 1110. The average molecular weight is 475 g/mol. The highest BCUT2D eigenvalue weighted by Gasteiger charge is 2.25. The fourth-order valence-electron chi connectivity index (χ4n) is 3.08. The number of nitrogens with one attached hydrogen (secondary N) is 1. The molecule has 1 atom stereocenters. The van der Waals surface area contributed by atoms with Gasteiger partial charge in [0.25, 0.3) is 0 Å². The van der Waals surface area contributed by atoms with Gasteiger partial charge in [-0.15, -0.1) is 0 Å². The van der Waals surface area contributed by atoms with Crippen molar-refractivity contribution in [1.29, 1.82) is 0 Å². The summed E-state index contributed by atoms with van der Waals surface area (Å²) < 4.78 is 12.5. The van der Waals surface area contributed by atoms with Crippen molar-refractivity contribution in [3.05, 3.63) is 47.4 Å². The largest absolute Gasteiger partial charge is 0.459 e. The summed E-state index contributed by atoms with van der Waals surface area (Å²) in [6.45, 7) is 5.81. The molecule has 1 aromatic carbocycles. The minimum absolute atomic E-state index is 0.0446. The molecule has 0 saturated carbocycles. The second-order valence-corrected chi connectivity index (χ2v) is 8.78. The van der Waals surface area contributed by atoms with Crippen molar-refractivity contribution >= 4 is 40.8 Å². The minimum atomic E-state index is -0.887. The van der Waals surface area contributed by atoms with Crippen LogP contribution in [0.25, 0.3) is 11.2 Å². The van der Waals surface area contributed by atoms with Gasteiger partial charge in [-0.05, 0) is 39.2 Å². The summed E-state index contributed by atoms with van der Waals surface area (Å²) in [4.78, 5) is 37.3. The Hall–Kier alpha value is -3.40. The number of benzene rings is 1. The minimum Gasteiger partial charge on any atom is -0.459 e. The number of hydrogen-bond acceptors (Lipinski definition) is 8. The third kappa shape index (κ3) is 7.04. The molecule has 2 aromatic heterocycles. The number of carbonyl (C=O) groups is 2. The molecule has 0 saturated heterocycles. The lowest BCUT2D eigenvalue weighted by Crippen LogP contribution is -2.44. The quantitative estimate of drug-likeness (QED) is 0.374. The van der Waals surface area contributed by atoms with E-state index in [1.165, 1.54) is 0 Å². The number of ether oxygens (including phenoxy) is 2. The summed E-state index contributed by atoms with van der Waals surface area (Å²) in [5.74, 6) is -0.502. The first kappa shape index (κ1) is 24.2. The van der Waals surface area contributed by atoms with E-state index >= 15 is 0 Å². The molecular formula is C22H27ClN6O4. The predicted octanol–water partition coefficient (Wildman–Crippen LogP) is 3.48. The van der Waals surface area contributed by atoms with Crippen molar-refractivity contribution in [2.24, 2.45) is 0 Å². The molecule has 0 unspecified atom stereocenters. The van der Waals surface area contributed by atoms with Gasteiger partial charge < -0.3 is 25.1 Å². The van der Waals surface area contributed by atoms with Crippen molar-refractivity contribution in [2.45, 2.75) is 58.4 Å². The first-order chi connectivity index (χ1) is 15.6. The number of nitrogens with zero attached hydrogens (tertiary/aromatic N) is 4. The lowest BCUT2D eigenvalue weighted by atomic mass is 10.1. The topological polar surface area (TPSA) is 134 Å². The van der Waals surface area contributed by atoms with Gasteiger partial charge in [-0.3, -0.25) is 0 Å². The van der Waals surface area contributed by atoms with Crippen molar-refractivity contribution in [1.82, 2.24) is 24.8 Å². The van der Waals surface area contributed by atoms with Crippen LogP contribution in [0.3, 0.4) is 0 Å². The number of halogens is 1. The number of alkyl carbamates (subject to hydrolysis) is 1. The molecule has 11 heteroatoms. The monoisotopic (exact) mass is 474 g/mol. The third-order valence-corrected chi connectivity index (χ3v) is 4.79. The SMILES string of the molecule is CC(C)(C)OC(=O)N[C@H](CCCn1cnc2c(Cl)nc(N)nc21)C(=O)OCc1ccccc1. The number of nitrogen functional groups attached to an aromatic ring is 1. The Morgan fingerprint density at radius 1 is 1.21 bits per heavy atom. The van der Waals surface area contributed by atoms with Gasteiger partial charge in [0.15, 0.2) is 10.8 Å². The van der Waals surface area contributed by atoms with Gasteiger partial charge in [-0.2, -0.15) is 9.97 Å². The van der Waals surface area contributed by atoms with E-state index in [0.29, 0.717) is 30.6 Å². The molecule has 0 aliphatic heterocycles. The summed E-state index contributed by atoms with van der Waals surface area (Å²) in [5.41, 5.74) is 6.77. The maximum Gasteiger partial charge on any atom is 0.408 e. The van der Waals surface area contributed by atoms with Crippen LogP contribution in [0.1, 0.15) is 39.2 Å². The van der Waals surface area contributed by atoms with Crippen LogP contribution in [0.5, 0.6) is 0 Å². The first-order valence-electron chi connectivity index (χ1n) is 10.5. The molecule has 176 valence electrons. The summed E-state index contributed by atoms with van der Waals surface area (Å²) in [6.07, 6.45) is 1.70. The first-order valence-corrected chi connectivity index (χ1v) is 10.8. The molecule has 0 aliphatic rings. The van der Waals surface area contributed by atoms with Crippen LogP contribution in [0.2, 0.25) is 5.15 Å². The van der Waals surface area contributed by atoms with Crippen LogP contribution >= 0.6 is 11.6 Å². The van der Waals surface area contributed by atoms with Gasteiger partial charge in [0.05, 0.1) is 6.33 Å². The Kier molecular flexibility index (Phi) is 7.70. The fourth-order valence-corrected chi connectivity index (χ4v) is 3.30. The van der Waals surface area contributed by atoms with Crippen molar-refractivity contribution in [2.75, 3.05) is 5.73 Å². The number of esters is 1. The number of carbonyl (C=O) groups excluding carboxylic acids is 2. The standard InChI is InChI=1S/C22H27ClN6O4/c1-22(2,3)33-21(31)26-15(19(30)32-12-14-8-5-4-6-9-14)10-7-11-29-13-25-16-17(23)27-20(24)28-18(16)29/h4-6,8-9,13,15H,7,10-12H2,1-3H3,(H,26,31)(H2,24,27,28)/t15-/m1/s1. The second kappa shape index (κ2) is 10.5. The van der Waals surface area contributed by atoms with E-state index in [-0.39, 0.29) is 17.7 Å². The Morgan fingerprint density at radius 2 is 1.94 bits per heavy atom. The van der Waals surface area contributed by atoms with E-state index in [0.717, 1.165) is 5.56 Å².